The highest BCUT2D eigenvalue weighted by atomic mass is 35.5. The summed E-state index contributed by atoms with van der Waals surface area (Å²) < 4.78 is 10.6. The van der Waals surface area contributed by atoms with E-state index in [-0.39, 0.29) is 46.0 Å². The molecule has 0 radical (unpaired) electrons. The molecule has 32 heavy (non-hydrogen) atoms. The Balaban J connectivity index is 2.16. The molecule has 0 unspecified atom stereocenters. The Hall–Kier alpha value is -3.92. The van der Waals surface area contributed by atoms with Gasteiger partial charge in [0.15, 0.2) is 5.75 Å². The molecule has 0 spiro atoms. The van der Waals surface area contributed by atoms with Crippen molar-refractivity contribution in [3.05, 3.63) is 78.6 Å². The molecule has 1 heterocycles. The van der Waals surface area contributed by atoms with Crippen LogP contribution in [-0.4, -0.2) is 35.9 Å². The van der Waals surface area contributed by atoms with Gasteiger partial charge in [0.2, 0.25) is 5.91 Å². The molecule has 10 nitrogen and oxygen atoms in total. The first kappa shape index (κ1) is 22.8. The molecule has 0 saturated heterocycles. The third-order valence-electron chi connectivity index (χ3n) is 4.59. The van der Waals surface area contributed by atoms with Crippen LogP contribution in [0.25, 0.3) is 11.0 Å². The molecular formula is C21H18ClN3O7. The molecule has 166 valence electrons. The number of carbonyl (C=O) groups is 2. The molecule has 3 aromatic rings. The molecule has 11 heteroatoms. The van der Waals surface area contributed by atoms with Crippen molar-refractivity contribution in [2.75, 3.05) is 14.1 Å². The minimum absolute atomic E-state index is 0.0301. The van der Waals surface area contributed by atoms with Crippen LogP contribution in [0.4, 0.5) is 10.5 Å². The van der Waals surface area contributed by atoms with Crippen molar-refractivity contribution in [1.82, 2.24) is 4.90 Å². The number of non-ortho nitro benzene ring substituents is 1. The van der Waals surface area contributed by atoms with Crippen LogP contribution >= 0.6 is 11.6 Å². The van der Waals surface area contributed by atoms with Gasteiger partial charge in [0.05, 0.1) is 16.4 Å². The van der Waals surface area contributed by atoms with Crippen molar-refractivity contribution in [1.29, 1.82) is 0 Å². The van der Waals surface area contributed by atoms with E-state index in [1.54, 1.807) is 6.07 Å². The number of hydrogen-bond donors (Lipinski definition) is 1. The summed E-state index contributed by atoms with van der Waals surface area (Å²) in [7, 11) is 2.98. The molecule has 0 atom stereocenters. The van der Waals surface area contributed by atoms with E-state index in [1.165, 1.54) is 49.3 Å². The summed E-state index contributed by atoms with van der Waals surface area (Å²) in [5.41, 5.74) is 5.40. The fourth-order valence-corrected chi connectivity index (χ4v) is 3.31. The molecule has 0 aliphatic heterocycles. The average molecular weight is 460 g/mol. The fourth-order valence-electron chi connectivity index (χ4n) is 3.10. The quantitative estimate of drug-likeness (QED) is 0.338. The summed E-state index contributed by atoms with van der Waals surface area (Å²) in [5, 5.41) is 11.4. The highest BCUT2D eigenvalue weighted by Gasteiger charge is 2.21. The lowest BCUT2D eigenvalue weighted by Gasteiger charge is -2.14. The van der Waals surface area contributed by atoms with Crippen molar-refractivity contribution < 1.29 is 23.7 Å². The lowest BCUT2D eigenvalue weighted by atomic mass is 9.96. The zero-order chi connectivity index (χ0) is 23.6. The summed E-state index contributed by atoms with van der Waals surface area (Å²) in [4.78, 5) is 48.1. The van der Waals surface area contributed by atoms with Gasteiger partial charge in [-0.25, -0.2) is 9.59 Å². The number of nitro groups is 1. The normalized spacial score (nSPS) is 10.7. The summed E-state index contributed by atoms with van der Waals surface area (Å²) in [5.74, 6) is -0.728. The first-order valence-electron chi connectivity index (χ1n) is 9.25. The number of nitro benzene ring substituents is 1. The number of hydrogen-bond acceptors (Lipinski definition) is 7. The number of halogens is 1. The first-order valence-corrected chi connectivity index (χ1v) is 9.63. The van der Waals surface area contributed by atoms with Gasteiger partial charge in [-0.05, 0) is 17.2 Å². The van der Waals surface area contributed by atoms with Crippen LogP contribution < -0.4 is 16.1 Å². The number of fused-ring (bicyclic) bond motifs is 1. The minimum Gasteiger partial charge on any atom is -0.422 e. The van der Waals surface area contributed by atoms with Crippen LogP contribution in [0.15, 0.2) is 45.6 Å². The first-order chi connectivity index (χ1) is 15.1. The van der Waals surface area contributed by atoms with E-state index in [0.717, 1.165) is 0 Å². The highest BCUT2D eigenvalue weighted by molar-refractivity contribution is 6.33. The van der Waals surface area contributed by atoms with E-state index >= 15 is 0 Å². The van der Waals surface area contributed by atoms with Crippen molar-refractivity contribution in [2.24, 2.45) is 5.73 Å². The van der Waals surface area contributed by atoms with Crippen molar-refractivity contribution in [3.8, 4) is 5.75 Å². The molecule has 1 aromatic heterocycles. The van der Waals surface area contributed by atoms with Gasteiger partial charge >= 0.3 is 11.7 Å². The zero-order valence-electron chi connectivity index (χ0n) is 17.1. The summed E-state index contributed by atoms with van der Waals surface area (Å²) in [6.45, 7) is 0. The van der Waals surface area contributed by atoms with Crippen molar-refractivity contribution in [2.45, 2.75) is 12.8 Å². The summed E-state index contributed by atoms with van der Waals surface area (Å²) in [6, 6.07) is 8.45. The maximum Gasteiger partial charge on any atom is 0.414 e. The van der Waals surface area contributed by atoms with Gasteiger partial charge in [-0.2, -0.15) is 0 Å². The van der Waals surface area contributed by atoms with Gasteiger partial charge < -0.3 is 19.8 Å². The number of nitrogens with two attached hydrogens (primary N) is 1. The lowest BCUT2D eigenvalue weighted by molar-refractivity contribution is -0.384. The largest absolute Gasteiger partial charge is 0.422 e. The molecule has 0 bridgehead atoms. The Bertz CT molecular complexity index is 1300. The van der Waals surface area contributed by atoms with Gasteiger partial charge in [-0.1, -0.05) is 23.7 Å². The topological polar surface area (TPSA) is 146 Å². The van der Waals surface area contributed by atoms with E-state index in [9.17, 15) is 24.5 Å². The predicted octanol–water partition coefficient (Wildman–Crippen LogP) is 3.03. The smallest absolute Gasteiger partial charge is 0.414 e. The van der Waals surface area contributed by atoms with Crippen LogP contribution in [0.5, 0.6) is 5.75 Å². The number of ether oxygens (including phenoxy) is 1. The number of rotatable bonds is 6. The molecule has 0 fully saturated rings. The van der Waals surface area contributed by atoms with Gasteiger partial charge in [-0.3, -0.25) is 14.9 Å². The number of carbonyl (C=O) groups excluding carboxylic acids is 2. The van der Waals surface area contributed by atoms with Crippen molar-refractivity contribution in [3.63, 3.8) is 0 Å². The molecule has 2 N–H and O–H groups in total. The molecule has 0 aliphatic carbocycles. The molecule has 2 amide bonds. The number of nitrogens with zero attached hydrogens (tertiary/aromatic N) is 2. The Kier molecular flexibility index (Phi) is 6.45. The Labute approximate surface area is 186 Å². The van der Waals surface area contributed by atoms with E-state index in [0.29, 0.717) is 10.9 Å². The average Bonchev–Trinajstić information content (AvgIpc) is 2.71. The van der Waals surface area contributed by atoms with E-state index in [1.807, 2.05) is 0 Å². The third kappa shape index (κ3) is 4.86. The third-order valence-corrected chi connectivity index (χ3v) is 4.88. The van der Waals surface area contributed by atoms with Gasteiger partial charge in [0, 0.05) is 49.7 Å². The maximum absolute atomic E-state index is 12.8. The highest BCUT2D eigenvalue weighted by Crippen LogP contribution is 2.33. The molecule has 0 aliphatic rings. The fraction of sp³-hybridized carbons (Fsp3) is 0.190. The standard InChI is InChI=1S/C21H18ClN3O7/c1-24(2)21(28)32-18-10-17-14(8-16(18)22)13(9-19(23)26)15(20(27)31-17)7-11-4-3-5-12(6-11)25(29)30/h3-6,8,10H,7,9H2,1-2H3,(H2,23,26). The second kappa shape index (κ2) is 9.06. The summed E-state index contributed by atoms with van der Waals surface area (Å²) >= 11 is 6.26. The van der Waals surface area contributed by atoms with Crippen LogP contribution in [0, 0.1) is 10.1 Å². The van der Waals surface area contributed by atoms with Gasteiger partial charge in [-0.15, -0.1) is 0 Å². The second-order valence-electron chi connectivity index (χ2n) is 7.13. The maximum atomic E-state index is 12.8. The van der Waals surface area contributed by atoms with Crippen LogP contribution in [0.2, 0.25) is 5.02 Å². The van der Waals surface area contributed by atoms with Crippen LogP contribution in [0.1, 0.15) is 16.7 Å². The monoisotopic (exact) mass is 459 g/mol. The predicted molar refractivity (Wildman–Crippen MR) is 116 cm³/mol. The second-order valence-corrected chi connectivity index (χ2v) is 7.54. The number of primary amides is 1. The van der Waals surface area contributed by atoms with E-state index < -0.39 is 22.5 Å². The van der Waals surface area contributed by atoms with Gasteiger partial charge in [0.25, 0.3) is 5.69 Å². The number of benzene rings is 2. The summed E-state index contributed by atoms with van der Waals surface area (Å²) in [6.07, 6.45) is -1.01. The minimum atomic E-state index is -0.757. The SMILES string of the molecule is CN(C)C(=O)Oc1cc2oc(=O)c(Cc3cccc([N+](=O)[O-])c3)c(CC(N)=O)c2cc1Cl. The molecule has 3 rings (SSSR count). The Morgan fingerprint density at radius 2 is 1.94 bits per heavy atom. The molecule has 2 aromatic carbocycles. The molecular weight excluding hydrogens is 442 g/mol. The van der Waals surface area contributed by atoms with E-state index in [4.69, 9.17) is 26.5 Å². The van der Waals surface area contributed by atoms with Crippen LogP contribution in [-0.2, 0) is 17.6 Å². The van der Waals surface area contributed by atoms with E-state index in [2.05, 4.69) is 0 Å². The molecule has 0 saturated carbocycles. The Morgan fingerprint density at radius 1 is 1.22 bits per heavy atom. The Morgan fingerprint density at radius 3 is 2.56 bits per heavy atom. The number of amides is 2. The zero-order valence-corrected chi connectivity index (χ0v) is 17.8. The lowest BCUT2D eigenvalue weighted by Crippen LogP contribution is -2.25. The van der Waals surface area contributed by atoms with Crippen LogP contribution in [0.3, 0.4) is 0 Å². The van der Waals surface area contributed by atoms with Gasteiger partial charge in [0.1, 0.15) is 5.58 Å². The van der Waals surface area contributed by atoms with Crippen molar-refractivity contribution >= 4 is 40.3 Å².